The number of aryl methyl sites for hydroxylation is 2. The van der Waals surface area contributed by atoms with Crippen LogP contribution in [-0.2, 0) is 16.6 Å². The number of nitrogens with one attached hydrogen (secondary N) is 1. The van der Waals surface area contributed by atoms with Crippen molar-refractivity contribution in [3.63, 3.8) is 0 Å². The van der Waals surface area contributed by atoms with Crippen molar-refractivity contribution in [2.75, 3.05) is 14.1 Å². The first kappa shape index (κ1) is 17.7. The molecule has 124 valence electrons. The van der Waals surface area contributed by atoms with E-state index >= 15 is 0 Å². The largest absolute Gasteiger partial charge is 0.337 e. The molecule has 1 aromatic carbocycles. The zero-order chi connectivity index (χ0) is 17.2. The second kappa shape index (κ2) is 6.82. The van der Waals surface area contributed by atoms with Crippen molar-refractivity contribution in [2.24, 2.45) is 0 Å². The number of carbonyl (C=O) groups excluding carboxylic acids is 1. The Bertz CT molecular complexity index is 826. The van der Waals surface area contributed by atoms with Gasteiger partial charge >= 0.3 is 0 Å². The van der Waals surface area contributed by atoms with Crippen LogP contribution in [0.1, 0.15) is 26.4 Å². The number of sulfonamides is 1. The Hall–Kier alpha value is -1.70. The molecule has 2 rings (SSSR count). The summed E-state index contributed by atoms with van der Waals surface area (Å²) in [7, 11) is -0.500. The predicted octanol–water partition coefficient (Wildman–Crippen LogP) is 2.55. The zero-order valence-corrected chi connectivity index (χ0v) is 15.2. The third-order valence-electron chi connectivity index (χ3n) is 3.71. The average Bonchev–Trinajstić information content (AvgIpc) is 2.92. The van der Waals surface area contributed by atoms with Crippen molar-refractivity contribution in [2.45, 2.75) is 25.3 Å². The van der Waals surface area contributed by atoms with Gasteiger partial charge in [-0.25, -0.2) is 13.1 Å². The quantitative estimate of drug-likeness (QED) is 0.899. The van der Waals surface area contributed by atoms with Crippen LogP contribution in [0.5, 0.6) is 0 Å². The lowest BCUT2D eigenvalue weighted by atomic mass is 10.1. The topological polar surface area (TPSA) is 66.5 Å². The van der Waals surface area contributed by atoms with E-state index in [9.17, 15) is 13.2 Å². The van der Waals surface area contributed by atoms with Crippen molar-refractivity contribution < 1.29 is 13.2 Å². The number of amides is 1. The molecule has 0 saturated carbocycles. The number of hydrogen-bond acceptors (Lipinski definition) is 4. The minimum absolute atomic E-state index is 0.0923. The Morgan fingerprint density at radius 1 is 1.22 bits per heavy atom. The monoisotopic (exact) mass is 352 g/mol. The standard InChI is InChI=1S/C16H20N2O3S2/c1-11-5-6-13(23(20,21)17-3)9-14(11)16(19)18(4)10-15-12(2)7-8-22-15/h5-9,17H,10H2,1-4H3. The molecule has 0 saturated heterocycles. The normalized spacial score (nSPS) is 11.5. The van der Waals surface area contributed by atoms with Crippen molar-refractivity contribution in [3.05, 3.63) is 51.2 Å². The van der Waals surface area contributed by atoms with Crippen LogP contribution in [0.15, 0.2) is 34.5 Å². The van der Waals surface area contributed by atoms with E-state index in [0.717, 1.165) is 16.0 Å². The molecule has 1 aromatic heterocycles. The van der Waals surface area contributed by atoms with Crippen LogP contribution in [-0.4, -0.2) is 33.3 Å². The molecular weight excluding hydrogens is 332 g/mol. The molecule has 1 N–H and O–H groups in total. The molecule has 1 amide bonds. The van der Waals surface area contributed by atoms with Gasteiger partial charge in [0.1, 0.15) is 0 Å². The summed E-state index contributed by atoms with van der Waals surface area (Å²) in [6.07, 6.45) is 0. The molecule has 0 unspecified atom stereocenters. The van der Waals surface area contributed by atoms with Crippen molar-refractivity contribution in [3.8, 4) is 0 Å². The average molecular weight is 352 g/mol. The van der Waals surface area contributed by atoms with Gasteiger partial charge in [-0.2, -0.15) is 0 Å². The van der Waals surface area contributed by atoms with E-state index < -0.39 is 10.0 Å². The van der Waals surface area contributed by atoms with E-state index in [1.54, 1.807) is 36.3 Å². The van der Waals surface area contributed by atoms with Crippen LogP contribution in [0, 0.1) is 13.8 Å². The summed E-state index contributed by atoms with van der Waals surface area (Å²) in [4.78, 5) is 15.5. The van der Waals surface area contributed by atoms with Gasteiger partial charge in [-0.15, -0.1) is 11.3 Å². The summed E-state index contributed by atoms with van der Waals surface area (Å²) in [5.41, 5.74) is 2.30. The Balaban J connectivity index is 2.31. The summed E-state index contributed by atoms with van der Waals surface area (Å²) < 4.78 is 26.1. The van der Waals surface area contributed by atoms with Gasteiger partial charge in [-0.3, -0.25) is 4.79 Å². The third-order valence-corrected chi connectivity index (χ3v) is 6.13. The molecule has 0 aliphatic rings. The summed E-state index contributed by atoms with van der Waals surface area (Å²) in [5, 5.41) is 1.99. The number of hydrogen-bond donors (Lipinski definition) is 1. The van der Waals surface area contributed by atoms with Crippen molar-refractivity contribution in [1.29, 1.82) is 0 Å². The molecule has 23 heavy (non-hydrogen) atoms. The van der Waals surface area contributed by atoms with Crippen LogP contribution in [0.25, 0.3) is 0 Å². The molecule has 5 nitrogen and oxygen atoms in total. The van der Waals surface area contributed by atoms with E-state index in [0.29, 0.717) is 12.1 Å². The van der Waals surface area contributed by atoms with E-state index in [1.807, 2.05) is 18.4 Å². The fourth-order valence-electron chi connectivity index (χ4n) is 2.18. The number of rotatable bonds is 5. The lowest BCUT2D eigenvalue weighted by molar-refractivity contribution is 0.0785. The Kier molecular flexibility index (Phi) is 5.23. The molecule has 0 spiro atoms. The summed E-state index contributed by atoms with van der Waals surface area (Å²) >= 11 is 1.61. The fraction of sp³-hybridized carbons (Fsp3) is 0.312. The third kappa shape index (κ3) is 3.80. The molecule has 0 aliphatic heterocycles. The summed E-state index contributed by atoms with van der Waals surface area (Å²) in [6.45, 7) is 4.31. The Morgan fingerprint density at radius 3 is 2.48 bits per heavy atom. The highest BCUT2D eigenvalue weighted by molar-refractivity contribution is 7.89. The first-order chi connectivity index (χ1) is 10.8. The molecule has 1 heterocycles. The SMILES string of the molecule is CNS(=O)(=O)c1ccc(C)c(C(=O)N(C)Cc2sccc2C)c1. The maximum atomic E-state index is 12.7. The predicted molar refractivity (Wildman–Crippen MR) is 92.3 cm³/mol. The molecule has 2 aromatic rings. The lowest BCUT2D eigenvalue weighted by Gasteiger charge is -2.19. The van der Waals surface area contributed by atoms with Gasteiger partial charge in [0.05, 0.1) is 11.4 Å². The van der Waals surface area contributed by atoms with Crippen LogP contribution in [0.3, 0.4) is 0 Å². The van der Waals surface area contributed by atoms with Gasteiger partial charge in [-0.1, -0.05) is 6.07 Å². The van der Waals surface area contributed by atoms with Crippen LogP contribution in [0.4, 0.5) is 0 Å². The molecule has 0 atom stereocenters. The first-order valence-corrected chi connectivity index (χ1v) is 9.45. The fourth-order valence-corrected chi connectivity index (χ4v) is 3.89. The number of carbonyl (C=O) groups is 1. The highest BCUT2D eigenvalue weighted by atomic mass is 32.2. The molecule has 0 aliphatic carbocycles. The van der Waals surface area contributed by atoms with Gasteiger partial charge < -0.3 is 4.90 Å². The molecule has 0 fully saturated rings. The summed E-state index contributed by atoms with van der Waals surface area (Å²) in [6, 6.07) is 6.61. The van der Waals surface area contributed by atoms with Gasteiger partial charge in [0, 0.05) is 17.5 Å². The van der Waals surface area contributed by atoms with E-state index in [1.165, 1.54) is 19.2 Å². The highest BCUT2D eigenvalue weighted by Crippen LogP contribution is 2.21. The van der Waals surface area contributed by atoms with Gasteiger partial charge in [0.15, 0.2) is 0 Å². The minimum atomic E-state index is -3.57. The molecule has 0 radical (unpaired) electrons. The van der Waals surface area contributed by atoms with Crippen LogP contribution < -0.4 is 4.72 Å². The Labute approximate surface area is 141 Å². The lowest BCUT2D eigenvalue weighted by Crippen LogP contribution is -2.27. The molecule has 0 bridgehead atoms. The number of thiophene rings is 1. The van der Waals surface area contributed by atoms with E-state index in [2.05, 4.69) is 4.72 Å². The van der Waals surface area contributed by atoms with E-state index in [4.69, 9.17) is 0 Å². The van der Waals surface area contributed by atoms with Crippen molar-refractivity contribution >= 4 is 27.3 Å². The first-order valence-electron chi connectivity index (χ1n) is 7.09. The number of nitrogens with zero attached hydrogens (tertiary/aromatic N) is 1. The van der Waals surface area contributed by atoms with Gasteiger partial charge in [-0.05, 0) is 55.6 Å². The zero-order valence-electron chi connectivity index (χ0n) is 13.6. The molecular formula is C16H20N2O3S2. The maximum Gasteiger partial charge on any atom is 0.254 e. The highest BCUT2D eigenvalue weighted by Gasteiger charge is 2.19. The Morgan fingerprint density at radius 2 is 1.91 bits per heavy atom. The van der Waals surface area contributed by atoms with Gasteiger partial charge in [0.2, 0.25) is 10.0 Å². The maximum absolute atomic E-state index is 12.7. The van der Waals surface area contributed by atoms with Crippen LogP contribution >= 0.6 is 11.3 Å². The van der Waals surface area contributed by atoms with Gasteiger partial charge in [0.25, 0.3) is 5.91 Å². The molecule has 7 heteroatoms. The summed E-state index contributed by atoms with van der Waals surface area (Å²) in [5.74, 6) is -0.191. The second-order valence-corrected chi connectivity index (χ2v) is 8.26. The number of benzene rings is 1. The van der Waals surface area contributed by atoms with Crippen molar-refractivity contribution in [1.82, 2.24) is 9.62 Å². The van der Waals surface area contributed by atoms with E-state index in [-0.39, 0.29) is 10.8 Å². The second-order valence-electron chi connectivity index (χ2n) is 5.37. The smallest absolute Gasteiger partial charge is 0.254 e. The minimum Gasteiger partial charge on any atom is -0.337 e. The van der Waals surface area contributed by atoms with Crippen LogP contribution in [0.2, 0.25) is 0 Å².